The van der Waals surface area contributed by atoms with Gasteiger partial charge in [-0.25, -0.2) is 0 Å². The van der Waals surface area contributed by atoms with Crippen molar-refractivity contribution < 1.29 is 4.79 Å². The van der Waals surface area contributed by atoms with Crippen LogP contribution in [-0.4, -0.2) is 48.4 Å². The van der Waals surface area contributed by atoms with E-state index >= 15 is 0 Å². The molecule has 106 valence electrons. The predicted molar refractivity (Wildman–Crippen MR) is 76.6 cm³/mol. The van der Waals surface area contributed by atoms with Crippen molar-refractivity contribution in [2.75, 3.05) is 26.7 Å². The molecule has 1 rings (SSSR count). The molecule has 1 amide bonds. The van der Waals surface area contributed by atoms with Gasteiger partial charge in [-0.1, -0.05) is 26.7 Å². The summed E-state index contributed by atoms with van der Waals surface area (Å²) in [5.74, 6) is 1.02. The van der Waals surface area contributed by atoms with E-state index in [9.17, 15) is 4.79 Å². The van der Waals surface area contributed by atoms with Gasteiger partial charge in [0.25, 0.3) is 0 Å². The summed E-state index contributed by atoms with van der Waals surface area (Å²) in [6.07, 6.45) is 6.07. The van der Waals surface area contributed by atoms with Gasteiger partial charge in [0, 0.05) is 13.1 Å². The highest BCUT2D eigenvalue weighted by Gasteiger charge is 2.24. The minimum absolute atomic E-state index is 0.0295. The minimum Gasteiger partial charge on any atom is -0.341 e. The van der Waals surface area contributed by atoms with Crippen molar-refractivity contribution in [2.45, 2.75) is 58.9 Å². The van der Waals surface area contributed by atoms with E-state index in [-0.39, 0.29) is 6.04 Å². The largest absolute Gasteiger partial charge is 0.341 e. The van der Waals surface area contributed by atoms with Crippen molar-refractivity contribution >= 4 is 5.91 Å². The second kappa shape index (κ2) is 7.78. The third kappa shape index (κ3) is 4.97. The molecule has 1 fully saturated rings. The first-order valence-electron chi connectivity index (χ1n) is 7.51. The zero-order valence-electron chi connectivity index (χ0n) is 12.6. The van der Waals surface area contributed by atoms with Gasteiger partial charge in [-0.2, -0.15) is 0 Å². The van der Waals surface area contributed by atoms with Gasteiger partial charge in [-0.3, -0.25) is 9.69 Å². The van der Waals surface area contributed by atoms with Gasteiger partial charge in [-0.15, -0.1) is 0 Å². The van der Waals surface area contributed by atoms with Gasteiger partial charge in [0.2, 0.25) is 5.91 Å². The van der Waals surface area contributed by atoms with E-state index in [1.165, 1.54) is 25.7 Å². The van der Waals surface area contributed by atoms with Crippen molar-refractivity contribution in [3.63, 3.8) is 0 Å². The van der Waals surface area contributed by atoms with E-state index in [1.807, 2.05) is 6.92 Å². The molecule has 3 nitrogen and oxygen atoms in total. The highest BCUT2D eigenvalue weighted by molar-refractivity contribution is 5.81. The van der Waals surface area contributed by atoms with E-state index < -0.39 is 0 Å². The Labute approximate surface area is 113 Å². The molecule has 1 aliphatic heterocycles. The van der Waals surface area contributed by atoms with Crippen molar-refractivity contribution in [2.24, 2.45) is 5.92 Å². The first kappa shape index (κ1) is 15.5. The molecule has 1 aliphatic rings. The normalized spacial score (nSPS) is 19.1. The SMILES string of the molecule is CC(C)CCN(C)C(C)C(=O)N1CCCCCC1. The van der Waals surface area contributed by atoms with Gasteiger partial charge >= 0.3 is 0 Å². The number of carbonyl (C=O) groups is 1. The number of hydrogen-bond acceptors (Lipinski definition) is 2. The van der Waals surface area contributed by atoms with Crippen molar-refractivity contribution in [1.29, 1.82) is 0 Å². The molecular weight excluding hydrogens is 224 g/mol. The Morgan fingerprint density at radius 2 is 1.67 bits per heavy atom. The van der Waals surface area contributed by atoms with Crippen LogP contribution in [0, 0.1) is 5.92 Å². The van der Waals surface area contributed by atoms with E-state index in [4.69, 9.17) is 0 Å². The van der Waals surface area contributed by atoms with Crippen LogP contribution in [0.15, 0.2) is 0 Å². The highest BCUT2D eigenvalue weighted by atomic mass is 16.2. The first-order chi connectivity index (χ1) is 8.52. The van der Waals surface area contributed by atoms with Crippen LogP contribution >= 0.6 is 0 Å². The molecule has 0 spiro atoms. The third-order valence-electron chi connectivity index (χ3n) is 4.00. The number of nitrogens with zero attached hydrogens (tertiary/aromatic N) is 2. The lowest BCUT2D eigenvalue weighted by Gasteiger charge is -2.30. The van der Waals surface area contributed by atoms with Crippen LogP contribution in [0.4, 0.5) is 0 Å². The molecule has 0 aromatic heterocycles. The van der Waals surface area contributed by atoms with Gasteiger partial charge < -0.3 is 4.90 Å². The van der Waals surface area contributed by atoms with Gasteiger partial charge in [0.15, 0.2) is 0 Å². The van der Waals surface area contributed by atoms with Crippen LogP contribution in [0.25, 0.3) is 0 Å². The molecule has 1 unspecified atom stereocenters. The van der Waals surface area contributed by atoms with Crippen LogP contribution < -0.4 is 0 Å². The zero-order chi connectivity index (χ0) is 13.5. The quantitative estimate of drug-likeness (QED) is 0.753. The first-order valence-corrected chi connectivity index (χ1v) is 7.51. The maximum Gasteiger partial charge on any atom is 0.239 e. The van der Waals surface area contributed by atoms with E-state index in [0.29, 0.717) is 11.8 Å². The molecule has 1 atom stereocenters. The van der Waals surface area contributed by atoms with Crippen LogP contribution in [-0.2, 0) is 4.79 Å². The Morgan fingerprint density at radius 3 is 2.17 bits per heavy atom. The summed E-state index contributed by atoms with van der Waals surface area (Å²) in [4.78, 5) is 16.7. The smallest absolute Gasteiger partial charge is 0.239 e. The fourth-order valence-electron chi connectivity index (χ4n) is 2.40. The Kier molecular flexibility index (Phi) is 6.69. The summed E-state index contributed by atoms with van der Waals surface area (Å²) in [5.41, 5.74) is 0. The number of rotatable bonds is 5. The number of amides is 1. The average Bonchev–Trinajstić information content (AvgIpc) is 2.62. The fourth-order valence-corrected chi connectivity index (χ4v) is 2.40. The van der Waals surface area contributed by atoms with Crippen LogP contribution in [0.3, 0.4) is 0 Å². The summed E-state index contributed by atoms with van der Waals surface area (Å²) in [5, 5.41) is 0. The maximum atomic E-state index is 12.4. The average molecular weight is 254 g/mol. The van der Waals surface area contributed by atoms with Crippen molar-refractivity contribution in [1.82, 2.24) is 9.80 Å². The lowest BCUT2D eigenvalue weighted by molar-refractivity contribution is -0.135. The molecule has 0 N–H and O–H groups in total. The standard InChI is InChI=1S/C15H30N2O/c1-13(2)9-12-16(4)14(3)15(18)17-10-7-5-6-8-11-17/h13-14H,5-12H2,1-4H3. The Hall–Kier alpha value is -0.570. The van der Waals surface area contributed by atoms with Gasteiger partial charge in [0.1, 0.15) is 0 Å². The summed E-state index contributed by atoms with van der Waals surface area (Å²) >= 11 is 0. The lowest BCUT2D eigenvalue weighted by Crippen LogP contribution is -2.46. The fraction of sp³-hybridized carbons (Fsp3) is 0.933. The molecular formula is C15H30N2O. The topological polar surface area (TPSA) is 23.6 Å². The Balaban J connectivity index is 2.43. The molecule has 3 heteroatoms. The Bertz CT molecular complexity index is 245. The molecule has 0 aromatic carbocycles. The molecule has 18 heavy (non-hydrogen) atoms. The minimum atomic E-state index is 0.0295. The van der Waals surface area contributed by atoms with Crippen LogP contribution in [0.1, 0.15) is 52.9 Å². The predicted octanol–water partition coefficient (Wildman–Crippen LogP) is 2.76. The summed E-state index contributed by atoms with van der Waals surface area (Å²) in [6, 6.07) is 0.0295. The molecule has 0 aromatic rings. The molecule has 1 heterocycles. The zero-order valence-corrected chi connectivity index (χ0v) is 12.6. The molecule has 0 bridgehead atoms. The van der Waals surface area contributed by atoms with Crippen LogP contribution in [0.2, 0.25) is 0 Å². The van der Waals surface area contributed by atoms with E-state index in [1.54, 1.807) is 0 Å². The van der Waals surface area contributed by atoms with Crippen molar-refractivity contribution in [3.8, 4) is 0 Å². The monoisotopic (exact) mass is 254 g/mol. The van der Waals surface area contributed by atoms with E-state index in [0.717, 1.165) is 26.1 Å². The number of carbonyl (C=O) groups excluding carboxylic acids is 1. The summed E-state index contributed by atoms with van der Waals surface area (Å²) < 4.78 is 0. The summed E-state index contributed by atoms with van der Waals surface area (Å²) in [7, 11) is 2.07. The van der Waals surface area contributed by atoms with Crippen molar-refractivity contribution in [3.05, 3.63) is 0 Å². The lowest BCUT2D eigenvalue weighted by atomic mass is 10.1. The maximum absolute atomic E-state index is 12.4. The Morgan fingerprint density at radius 1 is 1.11 bits per heavy atom. The number of hydrogen-bond donors (Lipinski definition) is 0. The second-order valence-electron chi connectivity index (χ2n) is 6.08. The van der Waals surface area contributed by atoms with Gasteiger partial charge in [-0.05, 0) is 45.7 Å². The van der Waals surface area contributed by atoms with Gasteiger partial charge in [0.05, 0.1) is 6.04 Å². The summed E-state index contributed by atoms with van der Waals surface area (Å²) in [6.45, 7) is 9.44. The second-order valence-corrected chi connectivity index (χ2v) is 6.08. The number of likely N-dealkylation sites (N-methyl/N-ethyl adjacent to an activating group) is 1. The molecule has 0 radical (unpaired) electrons. The molecule has 0 aliphatic carbocycles. The molecule has 1 saturated heterocycles. The van der Waals surface area contributed by atoms with E-state index in [2.05, 4.69) is 30.7 Å². The molecule has 0 saturated carbocycles. The third-order valence-corrected chi connectivity index (χ3v) is 4.00. The van der Waals surface area contributed by atoms with Crippen LogP contribution in [0.5, 0.6) is 0 Å². The number of likely N-dealkylation sites (tertiary alicyclic amines) is 1. The highest BCUT2D eigenvalue weighted by Crippen LogP contribution is 2.13.